The molecule has 0 saturated carbocycles. The van der Waals surface area contributed by atoms with Crippen LogP contribution in [0.1, 0.15) is 5.56 Å². The molecular formula is C14H11ClO2S. The van der Waals surface area contributed by atoms with Gasteiger partial charge in [0.15, 0.2) is 9.84 Å². The lowest BCUT2D eigenvalue weighted by molar-refractivity contribution is 0.605. The predicted molar refractivity (Wildman–Crippen MR) is 74.1 cm³/mol. The highest BCUT2D eigenvalue weighted by molar-refractivity contribution is 7.94. The first-order valence-electron chi connectivity index (χ1n) is 5.32. The fourth-order valence-corrected chi connectivity index (χ4v) is 2.76. The molecule has 0 bridgehead atoms. The number of hydrogen-bond acceptors (Lipinski definition) is 2. The van der Waals surface area contributed by atoms with Crippen molar-refractivity contribution in [1.82, 2.24) is 0 Å². The summed E-state index contributed by atoms with van der Waals surface area (Å²) in [6, 6.07) is 15.5. The SMILES string of the molecule is O=S(=O)(/C=C/c1ccccc1)c1cccc(Cl)c1. The van der Waals surface area contributed by atoms with Gasteiger partial charge in [-0.1, -0.05) is 48.0 Å². The van der Waals surface area contributed by atoms with Crippen LogP contribution in [0.5, 0.6) is 0 Å². The quantitative estimate of drug-likeness (QED) is 0.856. The summed E-state index contributed by atoms with van der Waals surface area (Å²) >= 11 is 5.78. The molecule has 0 aliphatic carbocycles. The van der Waals surface area contributed by atoms with E-state index in [1.807, 2.05) is 30.3 Å². The fourth-order valence-electron chi connectivity index (χ4n) is 1.45. The molecular weight excluding hydrogens is 268 g/mol. The van der Waals surface area contributed by atoms with Crippen molar-refractivity contribution in [2.75, 3.05) is 0 Å². The van der Waals surface area contributed by atoms with Gasteiger partial charge in [-0.05, 0) is 29.8 Å². The average molecular weight is 279 g/mol. The van der Waals surface area contributed by atoms with Crippen LogP contribution in [0.3, 0.4) is 0 Å². The highest BCUT2D eigenvalue weighted by atomic mass is 35.5. The Bertz CT molecular complexity index is 661. The van der Waals surface area contributed by atoms with E-state index in [1.165, 1.54) is 17.5 Å². The van der Waals surface area contributed by atoms with E-state index >= 15 is 0 Å². The van der Waals surface area contributed by atoms with Crippen LogP contribution < -0.4 is 0 Å². The lowest BCUT2D eigenvalue weighted by Crippen LogP contribution is -1.95. The zero-order chi connectivity index (χ0) is 13.0. The Hall–Kier alpha value is -1.58. The Labute approximate surface area is 111 Å². The van der Waals surface area contributed by atoms with Crippen molar-refractivity contribution < 1.29 is 8.42 Å². The third kappa shape index (κ3) is 3.22. The molecule has 0 spiro atoms. The summed E-state index contributed by atoms with van der Waals surface area (Å²) in [5, 5.41) is 1.60. The van der Waals surface area contributed by atoms with Gasteiger partial charge < -0.3 is 0 Å². The van der Waals surface area contributed by atoms with E-state index in [0.29, 0.717) is 5.02 Å². The van der Waals surface area contributed by atoms with E-state index in [-0.39, 0.29) is 4.90 Å². The van der Waals surface area contributed by atoms with Crippen molar-refractivity contribution in [2.45, 2.75) is 4.90 Å². The topological polar surface area (TPSA) is 34.1 Å². The zero-order valence-corrected chi connectivity index (χ0v) is 11.0. The molecule has 0 aliphatic rings. The highest BCUT2D eigenvalue weighted by Gasteiger charge is 2.10. The third-order valence-corrected chi connectivity index (χ3v) is 4.00. The molecule has 0 saturated heterocycles. The molecule has 0 atom stereocenters. The van der Waals surface area contributed by atoms with Crippen LogP contribution in [0.2, 0.25) is 5.02 Å². The summed E-state index contributed by atoms with van der Waals surface area (Å²) < 4.78 is 24.0. The van der Waals surface area contributed by atoms with Crippen LogP contribution in [0.15, 0.2) is 64.9 Å². The molecule has 92 valence electrons. The van der Waals surface area contributed by atoms with Gasteiger partial charge in [-0.3, -0.25) is 0 Å². The lowest BCUT2D eigenvalue weighted by Gasteiger charge is -1.99. The molecule has 0 aliphatic heterocycles. The van der Waals surface area contributed by atoms with Crippen LogP contribution >= 0.6 is 11.6 Å². The summed E-state index contributed by atoms with van der Waals surface area (Å²) in [4.78, 5) is 0.196. The minimum absolute atomic E-state index is 0.196. The van der Waals surface area contributed by atoms with Crippen LogP contribution in [0.4, 0.5) is 0 Å². The first-order valence-corrected chi connectivity index (χ1v) is 7.24. The van der Waals surface area contributed by atoms with Crippen molar-refractivity contribution in [3.8, 4) is 0 Å². The molecule has 0 amide bonds. The van der Waals surface area contributed by atoms with E-state index in [2.05, 4.69) is 0 Å². The minimum atomic E-state index is -3.45. The molecule has 2 aromatic carbocycles. The second-order valence-corrected chi connectivity index (χ2v) is 5.99. The van der Waals surface area contributed by atoms with Crippen LogP contribution in [0.25, 0.3) is 6.08 Å². The van der Waals surface area contributed by atoms with E-state index in [0.717, 1.165) is 5.56 Å². The predicted octanol–water partition coefficient (Wildman–Crippen LogP) is 3.78. The van der Waals surface area contributed by atoms with E-state index in [9.17, 15) is 8.42 Å². The molecule has 0 fully saturated rings. The molecule has 2 rings (SSSR count). The molecule has 18 heavy (non-hydrogen) atoms. The summed E-state index contributed by atoms with van der Waals surface area (Å²) in [5.74, 6) is 0. The van der Waals surface area contributed by atoms with Crippen molar-refractivity contribution in [2.24, 2.45) is 0 Å². The maximum atomic E-state index is 12.0. The number of hydrogen-bond donors (Lipinski definition) is 0. The first kappa shape index (κ1) is 12.9. The van der Waals surface area contributed by atoms with Gasteiger partial charge >= 0.3 is 0 Å². The molecule has 4 heteroatoms. The zero-order valence-electron chi connectivity index (χ0n) is 9.45. The lowest BCUT2D eigenvalue weighted by atomic mass is 10.2. The summed E-state index contributed by atoms with van der Waals surface area (Å²) in [7, 11) is -3.45. The van der Waals surface area contributed by atoms with Gasteiger partial charge in [-0.25, -0.2) is 8.42 Å². The molecule has 2 nitrogen and oxygen atoms in total. The maximum absolute atomic E-state index is 12.0. The Balaban J connectivity index is 2.31. The molecule has 0 heterocycles. The minimum Gasteiger partial charge on any atom is -0.219 e. The van der Waals surface area contributed by atoms with E-state index in [1.54, 1.807) is 18.2 Å². The Kier molecular flexibility index (Phi) is 3.84. The second kappa shape index (κ2) is 5.38. The van der Waals surface area contributed by atoms with E-state index < -0.39 is 9.84 Å². The average Bonchev–Trinajstić information content (AvgIpc) is 2.38. The number of sulfone groups is 1. The molecule has 2 aromatic rings. The highest BCUT2D eigenvalue weighted by Crippen LogP contribution is 2.18. The Morgan fingerprint density at radius 2 is 1.67 bits per heavy atom. The summed E-state index contributed by atoms with van der Waals surface area (Å²) in [6.45, 7) is 0. The summed E-state index contributed by atoms with van der Waals surface area (Å²) in [6.07, 6.45) is 1.57. The first-order chi connectivity index (χ1) is 8.58. The number of halogens is 1. The van der Waals surface area contributed by atoms with Crippen molar-refractivity contribution in [3.05, 3.63) is 70.6 Å². The maximum Gasteiger partial charge on any atom is 0.199 e. The van der Waals surface area contributed by atoms with Crippen molar-refractivity contribution in [3.63, 3.8) is 0 Å². The van der Waals surface area contributed by atoms with Crippen LogP contribution in [-0.4, -0.2) is 8.42 Å². The van der Waals surface area contributed by atoms with Gasteiger partial charge in [0, 0.05) is 10.4 Å². The van der Waals surface area contributed by atoms with Crippen LogP contribution in [0, 0.1) is 0 Å². The molecule has 0 radical (unpaired) electrons. The number of benzene rings is 2. The van der Waals surface area contributed by atoms with Gasteiger partial charge in [-0.15, -0.1) is 0 Å². The van der Waals surface area contributed by atoms with Crippen LogP contribution in [-0.2, 0) is 9.84 Å². The van der Waals surface area contributed by atoms with Gasteiger partial charge in [0.2, 0.25) is 0 Å². The Morgan fingerprint density at radius 1 is 0.944 bits per heavy atom. The van der Waals surface area contributed by atoms with E-state index in [4.69, 9.17) is 11.6 Å². The smallest absolute Gasteiger partial charge is 0.199 e. The normalized spacial score (nSPS) is 11.8. The van der Waals surface area contributed by atoms with Crippen molar-refractivity contribution >= 4 is 27.5 Å². The molecule has 0 N–H and O–H groups in total. The van der Waals surface area contributed by atoms with Gasteiger partial charge in [0.25, 0.3) is 0 Å². The monoisotopic (exact) mass is 278 g/mol. The van der Waals surface area contributed by atoms with Gasteiger partial charge in [-0.2, -0.15) is 0 Å². The largest absolute Gasteiger partial charge is 0.219 e. The van der Waals surface area contributed by atoms with Crippen molar-refractivity contribution in [1.29, 1.82) is 0 Å². The fraction of sp³-hybridized carbons (Fsp3) is 0. The second-order valence-electron chi connectivity index (χ2n) is 3.72. The third-order valence-electron chi connectivity index (χ3n) is 2.36. The summed E-state index contributed by atoms with van der Waals surface area (Å²) in [5.41, 5.74) is 0.836. The number of rotatable bonds is 3. The van der Waals surface area contributed by atoms with Gasteiger partial charge in [0.05, 0.1) is 4.90 Å². The molecule has 0 aromatic heterocycles. The molecule has 0 unspecified atom stereocenters. The standard InChI is InChI=1S/C14H11ClO2S/c15-13-7-4-8-14(11-13)18(16,17)10-9-12-5-2-1-3-6-12/h1-11H/b10-9+. The van der Waals surface area contributed by atoms with Gasteiger partial charge in [0.1, 0.15) is 0 Å². The Morgan fingerprint density at radius 3 is 2.33 bits per heavy atom.